The second-order valence-electron chi connectivity index (χ2n) is 4.99. The van der Waals surface area contributed by atoms with E-state index in [0.29, 0.717) is 0 Å². The number of carbonyl (C=O) groups is 2. The maximum absolute atomic E-state index is 12.0. The average Bonchev–Trinajstić information content (AvgIpc) is 2.82. The number of ether oxygens (including phenoxy) is 1. The topological polar surface area (TPSA) is 85.2 Å². The smallest absolute Gasteiger partial charge is 0.387 e. The number of amides is 2. The second kappa shape index (κ2) is 7.53. The van der Waals surface area contributed by atoms with E-state index in [1.807, 2.05) is 19.9 Å². The van der Waals surface area contributed by atoms with E-state index >= 15 is 0 Å². The van der Waals surface area contributed by atoms with Gasteiger partial charge in [0.25, 0.3) is 11.8 Å². The summed E-state index contributed by atoms with van der Waals surface area (Å²) in [6, 6.07) is 6.91. The summed E-state index contributed by atoms with van der Waals surface area (Å²) in [5, 5.41) is 4.14. The van der Waals surface area contributed by atoms with Crippen LogP contribution < -0.4 is 15.6 Å². The molecule has 0 atom stereocenters. The zero-order valence-corrected chi connectivity index (χ0v) is 13.0. The summed E-state index contributed by atoms with van der Waals surface area (Å²) in [6.45, 7) is 0.652. The van der Waals surface area contributed by atoms with Crippen molar-refractivity contribution in [1.29, 1.82) is 0 Å². The Bertz CT molecular complexity index is 729. The molecule has 0 unspecified atom stereocenters. The molecule has 0 bridgehead atoms. The standard InChI is InChI=1S/C15H16F2N4O3/c1-9-7-10(2)21(20-9)8-13(22)18-19-14(23)11-3-5-12(6-4-11)24-15(16)17/h3-7,15H,8H2,1-2H3,(H,18,22)(H,19,23). The number of hydrazine groups is 1. The van der Waals surface area contributed by atoms with Crippen LogP contribution in [0.25, 0.3) is 0 Å². The third kappa shape index (κ3) is 4.77. The van der Waals surface area contributed by atoms with Gasteiger partial charge in [0.2, 0.25) is 0 Å². The molecule has 128 valence electrons. The van der Waals surface area contributed by atoms with Crippen LogP contribution in [0.1, 0.15) is 21.7 Å². The number of alkyl halides is 2. The first-order valence-electron chi connectivity index (χ1n) is 7.00. The predicted octanol–water partition coefficient (Wildman–Crippen LogP) is 1.56. The number of carbonyl (C=O) groups excluding carboxylic acids is 2. The molecule has 0 spiro atoms. The van der Waals surface area contributed by atoms with Crippen LogP contribution in [-0.4, -0.2) is 28.2 Å². The fraction of sp³-hybridized carbons (Fsp3) is 0.267. The summed E-state index contributed by atoms with van der Waals surface area (Å²) >= 11 is 0. The minimum absolute atomic E-state index is 0.0406. The average molecular weight is 338 g/mol. The molecule has 1 heterocycles. The highest BCUT2D eigenvalue weighted by molar-refractivity contribution is 5.95. The number of benzene rings is 1. The zero-order chi connectivity index (χ0) is 17.7. The largest absolute Gasteiger partial charge is 0.435 e. The summed E-state index contributed by atoms with van der Waals surface area (Å²) in [5.41, 5.74) is 6.29. The minimum Gasteiger partial charge on any atom is -0.435 e. The minimum atomic E-state index is -2.93. The van der Waals surface area contributed by atoms with E-state index in [4.69, 9.17) is 0 Å². The van der Waals surface area contributed by atoms with Crippen LogP contribution in [0.15, 0.2) is 30.3 Å². The number of hydrogen-bond donors (Lipinski definition) is 2. The fourth-order valence-electron chi connectivity index (χ4n) is 2.00. The number of nitrogens with one attached hydrogen (secondary N) is 2. The lowest BCUT2D eigenvalue weighted by Gasteiger charge is -2.09. The van der Waals surface area contributed by atoms with Gasteiger partial charge in [0.15, 0.2) is 0 Å². The molecule has 0 radical (unpaired) electrons. The van der Waals surface area contributed by atoms with E-state index in [9.17, 15) is 18.4 Å². The van der Waals surface area contributed by atoms with Crippen LogP contribution in [0.4, 0.5) is 8.78 Å². The molecule has 0 saturated carbocycles. The summed E-state index contributed by atoms with van der Waals surface area (Å²) in [7, 11) is 0. The quantitative estimate of drug-likeness (QED) is 0.810. The van der Waals surface area contributed by atoms with Crippen LogP contribution in [0, 0.1) is 13.8 Å². The molecule has 1 aromatic heterocycles. The normalized spacial score (nSPS) is 10.5. The van der Waals surface area contributed by atoms with Gasteiger partial charge in [-0.1, -0.05) is 0 Å². The monoisotopic (exact) mass is 338 g/mol. The van der Waals surface area contributed by atoms with Crippen molar-refractivity contribution in [1.82, 2.24) is 20.6 Å². The van der Waals surface area contributed by atoms with Crippen LogP contribution in [0.5, 0.6) is 5.75 Å². The molecule has 0 aliphatic rings. The van der Waals surface area contributed by atoms with E-state index in [1.54, 1.807) is 0 Å². The number of aryl methyl sites for hydroxylation is 2. The lowest BCUT2D eigenvalue weighted by atomic mass is 10.2. The number of aromatic nitrogens is 2. The second-order valence-corrected chi connectivity index (χ2v) is 4.99. The number of nitrogens with zero attached hydrogens (tertiary/aromatic N) is 2. The van der Waals surface area contributed by atoms with E-state index < -0.39 is 18.4 Å². The van der Waals surface area contributed by atoms with E-state index in [1.165, 1.54) is 28.9 Å². The molecule has 0 aliphatic carbocycles. The van der Waals surface area contributed by atoms with Gasteiger partial charge in [-0.3, -0.25) is 25.1 Å². The lowest BCUT2D eigenvalue weighted by molar-refractivity contribution is -0.122. The molecule has 0 fully saturated rings. The molecule has 2 N–H and O–H groups in total. The van der Waals surface area contributed by atoms with Gasteiger partial charge in [-0.15, -0.1) is 0 Å². The van der Waals surface area contributed by atoms with Crippen LogP contribution in [-0.2, 0) is 11.3 Å². The Balaban J connectivity index is 1.86. The molecule has 1 aromatic carbocycles. The third-order valence-electron chi connectivity index (χ3n) is 3.05. The Morgan fingerprint density at radius 2 is 1.88 bits per heavy atom. The third-order valence-corrected chi connectivity index (χ3v) is 3.05. The van der Waals surface area contributed by atoms with Crippen molar-refractivity contribution in [2.75, 3.05) is 0 Å². The summed E-state index contributed by atoms with van der Waals surface area (Å²) < 4.78 is 29.8. The number of hydrogen-bond acceptors (Lipinski definition) is 4. The number of rotatable bonds is 5. The molecule has 24 heavy (non-hydrogen) atoms. The van der Waals surface area contributed by atoms with Crippen molar-refractivity contribution in [2.24, 2.45) is 0 Å². The van der Waals surface area contributed by atoms with Gasteiger partial charge < -0.3 is 4.74 Å². The van der Waals surface area contributed by atoms with E-state index in [2.05, 4.69) is 20.7 Å². The fourth-order valence-corrected chi connectivity index (χ4v) is 2.00. The van der Waals surface area contributed by atoms with Gasteiger partial charge >= 0.3 is 6.61 Å². The molecular weight excluding hydrogens is 322 g/mol. The molecule has 2 aromatic rings. The Morgan fingerprint density at radius 1 is 1.21 bits per heavy atom. The maximum Gasteiger partial charge on any atom is 0.387 e. The number of halogens is 2. The molecule has 7 nitrogen and oxygen atoms in total. The van der Waals surface area contributed by atoms with Crippen LogP contribution in [0.3, 0.4) is 0 Å². The Labute approximate surface area is 136 Å². The Hall–Kier alpha value is -2.97. The SMILES string of the molecule is Cc1cc(C)n(CC(=O)NNC(=O)c2ccc(OC(F)F)cc2)n1. The van der Waals surface area contributed by atoms with Gasteiger partial charge in [-0.05, 0) is 44.2 Å². The highest BCUT2D eigenvalue weighted by atomic mass is 19.3. The van der Waals surface area contributed by atoms with Crippen molar-refractivity contribution in [3.8, 4) is 5.75 Å². The Morgan fingerprint density at radius 3 is 2.42 bits per heavy atom. The molecule has 0 saturated heterocycles. The highest BCUT2D eigenvalue weighted by Crippen LogP contribution is 2.14. The van der Waals surface area contributed by atoms with Gasteiger partial charge in [-0.2, -0.15) is 13.9 Å². The summed E-state index contributed by atoms with van der Waals surface area (Å²) in [5.74, 6) is -1.09. The lowest BCUT2D eigenvalue weighted by Crippen LogP contribution is -2.43. The first-order chi connectivity index (χ1) is 11.3. The van der Waals surface area contributed by atoms with Gasteiger partial charge in [0.1, 0.15) is 12.3 Å². The molecule has 2 rings (SSSR count). The first-order valence-corrected chi connectivity index (χ1v) is 7.00. The predicted molar refractivity (Wildman–Crippen MR) is 80.4 cm³/mol. The van der Waals surface area contributed by atoms with Crippen LogP contribution >= 0.6 is 0 Å². The van der Waals surface area contributed by atoms with Crippen molar-refractivity contribution < 1.29 is 23.1 Å². The first kappa shape index (κ1) is 17.4. The van der Waals surface area contributed by atoms with E-state index in [-0.39, 0.29) is 17.9 Å². The Kier molecular flexibility index (Phi) is 5.46. The maximum atomic E-state index is 12.0. The van der Waals surface area contributed by atoms with Crippen molar-refractivity contribution in [2.45, 2.75) is 27.0 Å². The van der Waals surface area contributed by atoms with Crippen molar-refractivity contribution in [3.05, 3.63) is 47.3 Å². The summed E-state index contributed by atoms with van der Waals surface area (Å²) in [6.07, 6.45) is 0. The summed E-state index contributed by atoms with van der Waals surface area (Å²) in [4.78, 5) is 23.7. The molecule has 2 amide bonds. The van der Waals surface area contributed by atoms with Crippen molar-refractivity contribution >= 4 is 11.8 Å². The molecule has 0 aliphatic heterocycles. The van der Waals surface area contributed by atoms with Crippen LogP contribution in [0.2, 0.25) is 0 Å². The van der Waals surface area contributed by atoms with Gasteiger partial charge in [0.05, 0.1) is 5.69 Å². The van der Waals surface area contributed by atoms with Gasteiger partial charge in [0, 0.05) is 11.3 Å². The zero-order valence-electron chi connectivity index (χ0n) is 13.0. The van der Waals surface area contributed by atoms with Gasteiger partial charge in [-0.25, -0.2) is 0 Å². The molecular formula is C15H16F2N4O3. The van der Waals surface area contributed by atoms with Crippen molar-refractivity contribution in [3.63, 3.8) is 0 Å². The molecule has 9 heteroatoms. The van der Waals surface area contributed by atoms with E-state index in [0.717, 1.165) is 11.4 Å². The highest BCUT2D eigenvalue weighted by Gasteiger charge is 2.11.